The van der Waals surface area contributed by atoms with Gasteiger partial charge in [0, 0.05) is 25.6 Å². The summed E-state index contributed by atoms with van der Waals surface area (Å²) in [5, 5.41) is 0. The number of amides is 1. The number of rotatable bonds is 4. The van der Waals surface area contributed by atoms with Crippen LogP contribution >= 0.6 is 0 Å². The molecule has 2 atom stereocenters. The molecule has 2 N–H and O–H groups in total. The first-order chi connectivity index (χ1) is 9.08. The van der Waals surface area contributed by atoms with Crippen molar-refractivity contribution < 1.29 is 4.79 Å². The van der Waals surface area contributed by atoms with Gasteiger partial charge in [-0.3, -0.25) is 4.79 Å². The van der Waals surface area contributed by atoms with Gasteiger partial charge in [-0.1, -0.05) is 20.3 Å². The van der Waals surface area contributed by atoms with Gasteiger partial charge in [0.25, 0.3) is 0 Å². The molecular formula is C16H30N2O. The van der Waals surface area contributed by atoms with Gasteiger partial charge in [-0.2, -0.15) is 0 Å². The zero-order chi connectivity index (χ0) is 13.9. The normalized spacial score (nSPS) is 30.6. The van der Waals surface area contributed by atoms with Crippen LogP contribution in [0.3, 0.4) is 0 Å². The Morgan fingerprint density at radius 3 is 2.63 bits per heavy atom. The van der Waals surface area contributed by atoms with Crippen molar-refractivity contribution >= 4 is 5.91 Å². The Morgan fingerprint density at radius 2 is 2.05 bits per heavy atom. The number of hydrogen-bond acceptors (Lipinski definition) is 2. The second-order valence-electron chi connectivity index (χ2n) is 6.77. The van der Waals surface area contributed by atoms with Gasteiger partial charge in [-0.25, -0.2) is 0 Å². The molecule has 3 nitrogen and oxygen atoms in total. The molecule has 0 aromatic carbocycles. The molecule has 2 rings (SSSR count). The van der Waals surface area contributed by atoms with Gasteiger partial charge in [-0.05, 0) is 49.9 Å². The molecule has 2 aliphatic rings. The van der Waals surface area contributed by atoms with E-state index in [1.807, 2.05) is 0 Å². The topological polar surface area (TPSA) is 46.3 Å². The summed E-state index contributed by atoms with van der Waals surface area (Å²) in [5.41, 5.74) is 6.42. The summed E-state index contributed by atoms with van der Waals surface area (Å²) in [6.07, 6.45) is 8.90. The van der Waals surface area contributed by atoms with Crippen molar-refractivity contribution in [2.24, 2.45) is 17.1 Å². The van der Waals surface area contributed by atoms with Crippen molar-refractivity contribution in [1.29, 1.82) is 0 Å². The highest BCUT2D eigenvalue weighted by molar-refractivity contribution is 5.76. The molecule has 0 aromatic rings. The van der Waals surface area contributed by atoms with Crippen LogP contribution in [0.1, 0.15) is 65.2 Å². The molecule has 1 saturated heterocycles. The minimum atomic E-state index is 0.329. The lowest BCUT2D eigenvalue weighted by molar-refractivity contribution is -0.131. The summed E-state index contributed by atoms with van der Waals surface area (Å²) in [5.74, 6) is 0.914. The lowest BCUT2D eigenvalue weighted by atomic mass is 9.82. The predicted octanol–water partition coefficient (Wildman–Crippen LogP) is 2.93. The molecule has 1 amide bonds. The molecule has 1 aliphatic carbocycles. The third kappa shape index (κ3) is 3.50. The Morgan fingerprint density at radius 1 is 1.32 bits per heavy atom. The van der Waals surface area contributed by atoms with E-state index in [2.05, 4.69) is 18.7 Å². The molecule has 2 fully saturated rings. The van der Waals surface area contributed by atoms with Crippen molar-refractivity contribution in [1.82, 2.24) is 4.90 Å². The maximum Gasteiger partial charge on any atom is 0.222 e. The van der Waals surface area contributed by atoms with E-state index in [0.717, 1.165) is 32.4 Å². The quantitative estimate of drug-likeness (QED) is 0.850. The smallest absolute Gasteiger partial charge is 0.222 e. The lowest BCUT2D eigenvalue weighted by Crippen LogP contribution is -2.35. The molecule has 0 radical (unpaired) electrons. The molecule has 0 aromatic heterocycles. The summed E-state index contributed by atoms with van der Waals surface area (Å²) in [4.78, 5) is 14.5. The van der Waals surface area contributed by atoms with Crippen LogP contribution < -0.4 is 5.73 Å². The SMILES string of the molecule is CCC1(CC)CCN(C(=O)CC2CCCC(N)C2)C1. The number of likely N-dealkylation sites (tertiary alicyclic amines) is 1. The number of nitrogens with zero attached hydrogens (tertiary/aromatic N) is 1. The van der Waals surface area contributed by atoms with Crippen LogP contribution in [0.4, 0.5) is 0 Å². The fraction of sp³-hybridized carbons (Fsp3) is 0.938. The summed E-state index contributed by atoms with van der Waals surface area (Å²) in [7, 11) is 0. The average molecular weight is 266 g/mol. The Kier molecular flexibility index (Phi) is 4.88. The first kappa shape index (κ1) is 14.8. The minimum Gasteiger partial charge on any atom is -0.342 e. The number of nitrogens with two attached hydrogens (primary N) is 1. The molecule has 0 spiro atoms. The van der Waals surface area contributed by atoms with Crippen molar-refractivity contribution in [2.75, 3.05) is 13.1 Å². The van der Waals surface area contributed by atoms with Crippen LogP contribution in [0.5, 0.6) is 0 Å². The zero-order valence-electron chi connectivity index (χ0n) is 12.7. The van der Waals surface area contributed by atoms with E-state index in [-0.39, 0.29) is 0 Å². The molecule has 3 heteroatoms. The summed E-state index contributed by atoms with van der Waals surface area (Å²) in [6.45, 7) is 6.48. The average Bonchev–Trinajstić information content (AvgIpc) is 2.84. The van der Waals surface area contributed by atoms with Gasteiger partial charge in [0.15, 0.2) is 0 Å². The highest BCUT2D eigenvalue weighted by Gasteiger charge is 2.37. The van der Waals surface area contributed by atoms with Gasteiger partial charge in [0.1, 0.15) is 0 Å². The van der Waals surface area contributed by atoms with Gasteiger partial charge < -0.3 is 10.6 Å². The third-order valence-electron chi connectivity index (χ3n) is 5.58. The van der Waals surface area contributed by atoms with Crippen molar-refractivity contribution in [3.63, 3.8) is 0 Å². The second-order valence-corrected chi connectivity index (χ2v) is 6.77. The van der Waals surface area contributed by atoms with Gasteiger partial charge >= 0.3 is 0 Å². The highest BCUT2D eigenvalue weighted by atomic mass is 16.2. The summed E-state index contributed by atoms with van der Waals surface area (Å²) < 4.78 is 0. The van der Waals surface area contributed by atoms with E-state index in [4.69, 9.17) is 5.73 Å². The standard InChI is InChI=1S/C16H30N2O/c1-3-16(4-2)8-9-18(12-16)15(19)11-13-6-5-7-14(17)10-13/h13-14H,3-12,17H2,1-2H3. The number of carbonyl (C=O) groups is 1. The molecule has 1 heterocycles. The summed E-state index contributed by atoms with van der Waals surface area (Å²) in [6, 6.07) is 0.329. The first-order valence-corrected chi connectivity index (χ1v) is 8.12. The van der Waals surface area contributed by atoms with Crippen LogP contribution in [0.2, 0.25) is 0 Å². The fourth-order valence-electron chi connectivity index (χ4n) is 3.87. The Bertz CT molecular complexity index is 312. The zero-order valence-corrected chi connectivity index (χ0v) is 12.7. The fourth-order valence-corrected chi connectivity index (χ4v) is 3.87. The van der Waals surface area contributed by atoms with Gasteiger partial charge in [0.2, 0.25) is 5.91 Å². The van der Waals surface area contributed by atoms with Crippen LogP contribution in [-0.2, 0) is 4.79 Å². The molecule has 2 unspecified atom stereocenters. The van der Waals surface area contributed by atoms with E-state index in [0.29, 0.717) is 23.3 Å². The lowest BCUT2D eigenvalue weighted by Gasteiger charge is -2.29. The van der Waals surface area contributed by atoms with Crippen molar-refractivity contribution in [3.05, 3.63) is 0 Å². The molecule has 110 valence electrons. The van der Waals surface area contributed by atoms with Crippen LogP contribution in [-0.4, -0.2) is 29.9 Å². The number of hydrogen-bond donors (Lipinski definition) is 1. The minimum absolute atomic E-state index is 0.329. The van der Waals surface area contributed by atoms with E-state index >= 15 is 0 Å². The maximum absolute atomic E-state index is 12.4. The molecular weight excluding hydrogens is 236 g/mol. The molecule has 0 bridgehead atoms. The number of carbonyl (C=O) groups excluding carboxylic acids is 1. The van der Waals surface area contributed by atoms with E-state index in [9.17, 15) is 4.79 Å². The monoisotopic (exact) mass is 266 g/mol. The van der Waals surface area contributed by atoms with Crippen molar-refractivity contribution in [3.8, 4) is 0 Å². The molecule has 1 saturated carbocycles. The predicted molar refractivity (Wildman–Crippen MR) is 78.8 cm³/mol. The first-order valence-electron chi connectivity index (χ1n) is 8.12. The van der Waals surface area contributed by atoms with Gasteiger partial charge in [0.05, 0.1) is 0 Å². The van der Waals surface area contributed by atoms with Gasteiger partial charge in [-0.15, -0.1) is 0 Å². The molecule has 19 heavy (non-hydrogen) atoms. The van der Waals surface area contributed by atoms with Crippen LogP contribution in [0.15, 0.2) is 0 Å². The second kappa shape index (κ2) is 6.25. The molecule has 1 aliphatic heterocycles. The van der Waals surface area contributed by atoms with E-state index in [1.165, 1.54) is 32.1 Å². The van der Waals surface area contributed by atoms with E-state index < -0.39 is 0 Å². The largest absolute Gasteiger partial charge is 0.342 e. The Hall–Kier alpha value is -0.570. The highest BCUT2D eigenvalue weighted by Crippen LogP contribution is 2.37. The Balaban J connectivity index is 1.84. The third-order valence-corrected chi connectivity index (χ3v) is 5.58. The van der Waals surface area contributed by atoms with Crippen LogP contribution in [0.25, 0.3) is 0 Å². The van der Waals surface area contributed by atoms with Crippen molar-refractivity contribution in [2.45, 2.75) is 71.3 Å². The maximum atomic E-state index is 12.4. The Labute approximate surface area is 117 Å². The summed E-state index contributed by atoms with van der Waals surface area (Å²) >= 11 is 0. The van der Waals surface area contributed by atoms with Crippen LogP contribution in [0, 0.1) is 11.3 Å². The van der Waals surface area contributed by atoms with E-state index in [1.54, 1.807) is 0 Å².